The molecule has 7 nitrogen and oxygen atoms in total. The summed E-state index contributed by atoms with van der Waals surface area (Å²) < 4.78 is 5.58. The summed E-state index contributed by atoms with van der Waals surface area (Å²) in [5.41, 5.74) is 4.65. The summed E-state index contributed by atoms with van der Waals surface area (Å²) in [6.07, 6.45) is 4.98. The van der Waals surface area contributed by atoms with Crippen LogP contribution in [-0.4, -0.2) is 22.5 Å². The zero-order valence-electron chi connectivity index (χ0n) is 20.5. The average Bonchev–Trinajstić information content (AvgIpc) is 2.91. The molecule has 0 fully saturated rings. The molecule has 7 heteroatoms. The number of aromatic nitrogens is 1. The molecule has 1 aliphatic rings. The topological polar surface area (TPSA) is 94.4 Å². The molecule has 4 rings (SSSR count). The van der Waals surface area contributed by atoms with Crippen molar-refractivity contribution in [2.24, 2.45) is 0 Å². The van der Waals surface area contributed by atoms with E-state index < -0.39 is 16.8 Å². The number of nitrogens with zero attached hydrogens (tertiary/aromatic N) is 2. The van der Waals surface area contributed by atoms with E-state index in [1.54, 1.807) is 43.5 Å². The highest BCUT2D eigenvalue weighted by Gasteiger charge is 2.35. The van der Waals surface area contributed by atoms with Crippen LogP contribution in [-0.2, 0) is 9.53 Å². The first kappa shape index (κ1) is 25.1. The number of dihydropyridines is 1. The number of nitrogens with one attached hydrogen (secondary N) is 1. The second-order valence-electron chi connectivity index (χ2n) is 8.34. The third-order valence-electron chi connectivity index (χ3n) is 5.84. The second kappa shape index (κ2) is 11.6. The van der Waals surface area contributed by atoms with Gasteiger partial charge in [0.05, 0.1) is 16.2 Å². The molecule has 0 spiro atoms. The van der Waals surface area contributed by atoms with Gasteiger partial charge in [0.1, 0.15) is 6.61 Å². The van der Waals surface area contributed by atoms with Crippen molar-refractivity contribution in [2.75, 3.05) is 6.61 Å². The van der Waals surface area contributed by atoms with E-state index in [1.807, 2.05) is 49.4 Å². The van der Waals surface area contributed by atoms with Crippen LogP contribution in [0.5, 0.6) is 0 Å². The van der Waals surface area contributed by atoms with Crippen molar-refractivity contribution in [1.82, 2.24) is 10.3 Å². The van der Waals surface area contributed by atoms with Crippen molar-refractivity contribution >= 4 is 17.2 Å². The van der Waals surface area contributed by atoms with E-state index in [-0.39, 0.29) is 12.3 Å². The Morgan fingerprint density at radius 2 is 1.86 bits per heavy atom. The summed E-state index contributed by atoms with van der Waals surface area (Å²) >= 11 is 0. The lowest BCUT2D eigenvalue weighted by atomic mass is 9.79. The normalized spacial score (nSPS) is 15.1. The van der Waals surface area contributed by atoms with Gasteiger partial charge in [0.15, 0.2) is 0 Å². The molecule has 0 saturated carbocycles. The molecule has 1 unspecified atom stereocenters. The van der Waals surface area contributed by atoms with Gasteiger partial charge < -0.3 is 10.1 Å². The van der Waals surface area contributed by atoms with Crippen LogP contribution in [0.2, 0.25) is 0 Å². The lowest BCUT2D eigenvalue weighted by Gasteiger charge is -2.31. The largest absolute Gasteiger partial charge is 0.458 e. The predicted molar refractivity (Wildman–Crippen MR) is 142 cm³/mol. The summed E-state index contributed by atoms with van der Waals surface area (Å²) in [5.74, 6) is 4.80. The summed E-state index contributed by atoms with van der Waals surface area (Å²) in [6, 6.07) is 21.4. The molecule has 2 aromatic carbocycles. The number of non-ortho nitro benzene ring substituents is 1. The maximum atomic E-state index is 13.4. The number of pyridine rings is 1. The highest BCUT2D eigenvalue weighted by atomic mass is 16.6. The molecule has 0 bridgehead atoms. The van der Waals surface area contributed by atoms with Crippen molar-refractivity contribution in [3.63, 3.8) is 0 Å². The number of allylic oxidation sites excluding steroid dienone is 4. The Balaban J connectivity index is 1.63. The SMILES string of the molecule is CC1=C(C(=O)OCC=CC#Cc2ccccc2)C(c2cccc([N+](=O)[O-])c2)C(c2ccccn2)=C(C)N1. The van der Waals surface area contributed by atoms with E-state index in [4.69, 9.17) is 4.74 Å². The molecule has 2 heterocycles. The fourth-order valence-corrected chi connectivity index (χ4v) is 4.23. The highest BCUT2D eigenvalue weighted by Crippen LogP contribution is 2.43. The van der Waals surface area contributed by atoms with Crippen molar-refractivity contribution in [3.05, 3.63) is 135 Å². The monoisotopic (exact) mass is 491 g/mol. The van der Waals surface area contributed by atoms with Crippen LogP contribution in [0, 0.1) is 22.0 Å². The number of hydrogen-bond donors (Lipinski definition) is 1. The Hall–Kier alpha value is -4.96. The van der Waals surface area contributed by atoms with E-state index in [0.29, 0.717) is 22.5 Å². The van der Waals surface area contributed by atoms with E-state index in [9.17, 15) is 14.9 Å². The van der Waals surface area contributed by atoms with Gasteiger partial charge in [0.25, 0.3) is 5.69 Å². The molecular weight excluding hydrogens is 466 g/mol. The number of ether oxygens (including phenoxy) is 1. The first-order valence-electron chi connectivity index (χ1n) is 11.7. The van der Waals surface area contributed by atoms with Crippen molar-refractivity contribution in [1.29, 1.82) is 0 Å². The molecule has 37 heavy (non-hydrogen) atoms. The number of nitro groups is 1. The van der Waals surface area contributed by atoms with Gasteiger partial charge in [-0.05, 0) is 55.8 Å². The number of hydrogen-bond acceptors (Lipinski definition) is 6. The molecule has 1 aromatic heterocycles. The minimum absolute atomic E-state index is 0.0301. The molecule has 0 radical (unpaired) electrons. The van der Waals surface area contributed by atoms with E-state index in [1.165, 1.54) is 12.1 Å². The van der Waals surface area contributed by atoms with Gasteiger partial charge in [-0.25, -0.2) is 4.79 Å². The van der Waals surface area contributed by atoms with Crippen molar-refractivity contribution < 1.29 is 14.5 Å². The Labute approximate surface area is 215 Å². The molecule has 184 valence electrons. The van der Waals surface area contributed by atoms with Gasteiger partial charge in [-0.1, -0.05) is 48.2 Å². The predicted octanol–water partition coefficient (Wildman–Crippen LogP) is 5.53. The van der Waals surface area contributed by atoms with Gasteiger partial charge >= 0.3 is 5.97 Å². The number of carbonyl (C=O) groups excluding carboxylic acids is 1. The minimum atomic E-state index is -0.606. The highest BCUT2D eigenvalue weighted by molar-refractivity contribution is 5.97. The fraction of sp³-hybridized carbons (Fsp3) is 0.133. The molecule has 3 aromatic rings. The van der Waals surface area contributed by atoms with Crippen LogP contribution in [0.25, 0.3) is 5.57 Å². The molecule has 1 atom stereocenters. The Kier molecular flexibility index (Phi) is 7.91. The lowest BCUT2D eigenvalue weighted by Crippen LogP contribution is -2.29. The van der Waals surface area contributed by atoms with Crippen LogP contribution in [0.15, 0.2) is 108 Å². The zero-order chi connectivity index (χ0) is 26.2. The van der Waals surface area contributed by atoms with Crippen LogP contribution in [0.3, 0.4) is 0 Å². The molecule has 0 amide bonds. The second-order valence-corrected chi connectivity index (χ2v) is 8.34. The number of nitro benzene ring substituents is 1. The maximum Gasteiger partial charge on any atom is 0.337 e. The van der Waals surface area contributed by atoms with Gasteiger partial charge in [0.2, 0.25) is 0 Å². The first-order chi connectivity index (χ1) is 18.0. The fourth-order valence-electron chi connectivity index (χ4n) is 4.23. The third-order valence-corrected chi connectivity index (χ3v) is 5.84. The van der Waals surface area contributed by atoms with Gasteiger partial charge in [-0.3, -0.25) is 15.1 Å². The minimum Gasteiger partial charge on any atom is -0.458 e. The summed E-state index contributed by atoms with van der Waals surface area (Å²) in [7, 11) is 0. The van der Waals surface area contributed by atoms with Crippen LogP contribution < -0.4 is 5.32 Å². The zero-order valence-corrected chi connectivity index (χ0v) is 20.5. The Morgan fingerprint density at radius 1 is 1.08 bits per heavy atom. The Morgan fingerprint density at radius 3 is 2.59 bits per heavy atom. The van der Waals surface area contributed by atoms with Crippen LogP contribution >= 0.6 is 0 Å². The standard InChI is InChI=1S/C30H25N3O4/c1-21-27(26-17-8-9-18-31-26)29(24-15-11-16-25(20-24)33(35)36)28(22(2)32-21)30(34)37-19-10-4-7-14-23-12-5-3-6-13-23/h3-6,8-13,15-18,20,29,32H,19H2,1-2H3. The average molecular weight is 492 g/mol. The quantitative estimate of drug-likeness (QED) is 0.211. The number of carbonyl (C=O) groups is 1. The Bertz CT molecular complexity index is 1460. The molecule has 1 aliphatic heterocycles. The van der Waals surface area contributed by atoms with E-state index >= 15 is 0 Å². The maximum absolute atomic E-state index is 13.4. The number of benzene rings is 2. The molecule has 0 aliphatic carbocycles. The number of rotatable bonds is 6. The summed E-state index contributed by atoms with van der Waals surface area (Å²) in [4.78, 5) is 28.9. The first-order valence-corrected chi connectivity index (χ1v) is 11.7. The summed E-state index contributed by atoms with van der Waals surface area (Å²) in [5, 5.41) is 14.8. The smallest absolute Gasteiger partial charge is 0.337 e. The van der Waals surface area contributed by atoms with E-state index in [0.717, 1.165) is 16.8 Å². The lowest BCUT2D eigenvalue weighted by molar-refractivity contribution is -0.384. The van der Waals surface area contributed by atoms with Crippen molar-refractivity contribution in [3.8, 4) is 11.8 Å². The number of esters is 1. The third kappa shape index (κ3) is 6.00. The van der Waals surface area contributed by atoms with Gasteiger partial charge in [0, 0.05) is 46.8 Å². The van der Waals surface area contributed by atoms with Crippen LogP contribution in [0.4, 0.5) is 5.69 Å². The molecular formula is C30H25N3O4. The summed E-state index contributed by atoms with van der Waals surface area (Å²) in [6.45, 7) is 3.72. The molecule has 0 saturated heterocycles. The van der Waals surface area contributed by atoms with Crippen molar-refractivity contribution in [2.45, 2.75) is 19.8 Å². The van der Waals surface area contributed by atoms with Crippen LogP contribution in [0.1, 0.15) is 36.6 Å². The van der Waals surface area contributed by atoms with Gasteiger partial charge in [-0.15, -0.1) is 0 Å². The molecule has 1 N–H and O–H groups in total. The van der Waals surface area contributed by atoms with E-state index in [2.05, 4.69) is 22.1 Å². The van der Waals surface area contributed by atoms with Gasteiger partial charge in [-0.2, -0.15) is 0 Å².